The molecule has 1 atom stereocenters. The van der Waals surface area contributed by atoms with E-state index in [1.807, 2.05) is 0 Å². The zero-order valence-corrected chi connectivity index (χ0v) is 11.4. The predicted octanol–water partition coefficient (Wildman–Crippen LogP) is 3.05. The number of ether oxygens (including phenoxy) is 1. The van der Waals surface area contributed by atoms with Crippen LogP contribution in [-0.2, 0) is 4.74 Å². The first kappa shape index (κ1) is 15.2. The van der Waals surface area contributed by atoms with E-state index in [4.69, 9.17) is 16.3 Å². The average Bonchev–Trinajstić information content (AvgIpc) is 2.14. The Morgan fingerprint density at radius 3 is 2.40 bits per heavy atom. The smallest absolute Gasteiger partial charge is 0.0462 e. The number of unbranched alkanes of at least 4 members (excludes halogenated alkanes) is 1. The molecule has 1 unspecified atom stereocenters. The molecule has 1 N–H and O–H groups in total. The van der Waals surface area contributed by atoms with Crippen molar-refractivity contribution >= 4 is 11.6 Å². The van der Waals surface area contributed by atoms with Crippen LogP contribution >= 0.6 is 11.6 Å². The topological polar surface area (TPSA) is 21.3 Å². The monoisotopic (exact) mass is 235 g/mol. The van der Waals surface area contributed by atoms with E-state index in [0.29, 0.717) is 6.04 Å². The molecular formula is C12H26ClNO. The highest BCUT2D eigenvalue weighted by molar-refractivity contribution is 6.17. The Morgan fingerprint density at radius 1 is 1.27 bits per heavy atom. The van der Waals surface area contributed by atoms with Gasteiger partial charge in [-0.2, -0.15) is 0 Å². The predicted molar refractivity (Wildman–Crippen MR) is 67.7 cm³/mol. The number of halogens is 1. The first-order valence-corrected chi connectivity index (χ1v) is 6.34. The Labute approximate surface area is 99.7 Å². The first-order valence-electron chi connectivity index (χ1n) is 5.80. The highest BCUT2D eigenvalue weighted by atomic mass is 35.5. The fraction of sp³-hybridized carbons (Fsp3) is 1.00. The van der Waals surface area contributed by atoms with Crippen LogP contribution in [0.5, 0.6) is 0 Å². The second-order valence-corrected chi connectivity index (χ2v) is 5.43. The lowest BCUT2D eigenvalue weighted by Gasteiger charge is -2.31. The van der Waals surface area contributed by atoms with E-state index in [1.165, 1.54) is 6.42 Å². The molecule has 0 rings (SSSR count). The largest absolute Gasteiger partial charge is 0.385 e. The van der Waals surface area contributed by atoms with Crippen LogP contribution in [-0.4, -0.2) is 32.2 Å². The molecule has 0 aliphatic heterocycles. The molecule has 0 radical (unpaired) electrons. The highest BCUT2D eigenvalue weighted by Gasteiger charge is 2.22. The van der Waals surface area contributed by atoms with Gasteiger partial charge in [-0.1, -0.05) is 20.8 Å². The summed E-state index contributed by atoms with van der Waals surface area (Å²) in [6.45, 7) is 8.69. The van der Waals surface area contributed by atoms with Crippen LogP contribution in [0.2, 0.25) is 0 Å². The van der Waals surface area contributed by atoms with Crippen molar-refractivity contribution in [3.05, 3.63) is 0 Å². The van der Waals surface area contributed by atoms with Crippen molar-refractivity contribution in [1.82, 2.24) is 5.32 Å². The molecule has 0 bridgehead atoms. The second kappa shape index (κ2) is 8.37. The van der Waals surface area contributed by atoms with E-state index in [1.54, 1.807) is 7.11 Å². The standard InChI is InChI=1S/C12H26ClNO/c1-12(2,3)11(7-8-13)14-9-5-6-10-15-4/h11,14H,5-10H2,1-4H3. The minimum absolute atomic E-state index is 0.288. The Kier molecular flexibility index (Phi) is 8.49. The molecule has 15 heavy (non-hydrogen) atoms. The molecule has 0 aromatic rings. The maximum atomic E-state index is 5.80. The van der Waals surface area contributed by atoms with Gasteiger partial charge in [0.2, 0.25) is 0 Å². The maximum absolute atomic E-state index is 5.80. The van der Waals surface area contributed by atoms with Gasteiger partial charge in [0.1, 0.15) is 0 Å². The summed E-state index contributed by atoms with van der Waals surface area (Å²) in [5.41, 5.74) is 0.288. The van der Waals surface area contributed by atoms with Crippen LogP contribution in [0.15, 0.2) is 0 Å². The quantitative estimate of drug-likeness (QED) is 0.516. The minimum Gasteiger partial charge on any atom is -0.385 e. The molecule has 0 aromatic carbocycles. The van der Waals surface area contributed by atoms with Gasteiger partial charge in [0.15, 0.2) is 0 Å². The first-order chi connectivity index (χ1) is 7.02. The van der Waals surface area contributed by atoms with Gasteiger partial charge in [-0.05, 0) is 31.2 Å². The third-order valence-electron chi connectivity index (χ3n) is 2.61. The molecule has 0 saturated carbocycles. The molecule has 0 heterocycles. The highest BCUT2D eigenvalue weighted by Crippen LogP contribution is 2.22. The maximum Gasteiger partial charge on any atom is 0.0462 e. The number of methoxy groups -OCH3 is 1. The fourth-order valence-electron chi connectivity index (χ4n) is 1.60. The van der Waals surface area contributed by atoms with Gasteiger partial charge >= 0.3 is 0 Å². The van der Waals surface area contributed by atoms with E-state index >= 15 is 0 Å². The number of hydrogen-bond donors (Lipinski definition) is 1. The van der Waals surface area contributed by atoms with Crippen molar-refractivity contribution in [3.63, 3.8) is 0 Å². The van der Waals surface area contributed by atoms with E-state index in [-0.39, 0.29) is 5.41 Å². The van der Waals surface area contributed by atoms with Crippen molar-refractivity contribution in [2.24, 2.45) is 5.41 Å². The lowest BCUT2D eigenvalue weighted by Crippen LogP contribution is -2.41. The molecular weight excluding hydrogens is 210 g/mol. The molecule has 0 aliphatic rings. The second-order valence-electron chi connectivity index (χ2n) is 5.05. The molecule has 92 valence electrons. The van der Waals surface area contributed by atoms with Crippen molar-refractivity contribution in [2.45, 2.75) is 46.1 Å². The summed E-state index contributed by atoms with van der Waals surface area (Å²) in [7, 11) is 1.75. The summed E-state index contributed by atoms with van der Waals surface area (Å²) >= 11 is 5.80. The van der Waals surface area contributed by atoms with Gasteiger partial charge in [-0.25, -0.2) is 0 Å². The Morgan fingerprint density at radius 2 is 1.93 bits per heavy atom. The van der Waals surface area contributed by atoms with Crippen molar-refractivity contribution in [2.75, 3.05) is 26.1 Å². The zero-order chi connectivity index (χ0) is 11.7. The van der Waals surface area contributed by atoms with Crippen molar-refractivity contribution in [3.8, 4) is 0 Å². The summed E-state index contributed by atoms with van der Waals surface area (Å²) in [6.07, 6.45) is 3.33. The van der Waals surface area contributed by atoms with E-state index < -0.39 is 0 Å². The SMILES string of the molecule is COCCCCNC(CCCl)C(C)(C)C. The molecule has 0 aliphatic carbocycles. The summed E-state index contributed by atoms with van der Waals surface area (Å²) in [4.78, 5) is 0. The summed E-state index contributed by atoms with van der Waals surface area (Å²) in [5, 5.41) is 3.58. The number of hydrogen-bond acceptors (Lipinski definition) is 2. The zero-order valence-electron chi connectivity index (χ0n) is 10.6. The summed E-state index contributed by atoms with van der Waals surface area (Å²) in [5.74, 6) is 0.729. The third kappa shape index (κ3) is 8.06. The van der Waals surface area contributed by atoms with Gasteiger partial charge in [-0.15, -0.1) is 11.6 Å². The van der Waals surface area contributed by atoms with Gasteiger partial charge in [-0.3, -0.25) is 0 Å². The van der Waals surface area contributed by atoms with Crippen molar-refractivity contribution < 1.29 is 4.74 Å². The Balaban J connectivity index is 3.67. The van der Waals surface area contributed by atoms with E-state index in [0.717, 1.165) is 31.9 Å². The summed E-state index contributed by atoms with van der Waals surface area (Å²) in [6, 6.07) is 0.512. The molecule has 0 aromatic heterocycles. The molecule has 2 nitrogen and oxygen atoms in total. The summed E-state index contributed by atoms with van der Waals surface area (Å²) < 4.78 is 5.01. The molecule has 0 amide bonds. The third-order valence-corrected chi connectivity index (χ3v) is 2.83. The normalized spacial score (nSPS) is 14.2. The lowest BCUT2D eigenvalue weighted by molar-refractivity contribution is 0.190. The van der Waals surface area contributed by atoms with Crippen LogP contribution in [0.3, 0.4) is 0 Å². The molecule has 0 saturated heterocycles. The van der Waals surface area contributed by atoms with Crippen LogP contribution in [0, 0.1) is 5.41 Å². The van der Waals surface area contributed by atoms with Gasteiger partial charge < -0.3 is 10.1 Å². The van der Waals surface area contributed by atoms with Crippen molar-refractivity contribution in [1.29, 1.82) is 0 Å². The average molecular weight is 236 g/mol. The Bertz CT molecular complexity index is 145. The number of rotatable bonds is 8. The van der Waals surface area contributed by atoms with Gasteiger partial charge in [0.25, 0.3) is 0 Å². The van der Waals surface area contributed by atoms with Crippen LogP contribution < -0.4 is 5.32 Å². The van der Waals surface area contributed by atoms with E-state index in [2.05, 4.69) is 26.1 Å². The van der Waals surface area contributed by atoms with Gasteiger partial charge in [0, 0.05) is 25.6 Å². The molecule has 0 spiro atoms. The van der Waals surface area contributed by atoms with Gasteiger partial charge in [0.05, 0.1) is 0 Å². The van der Waals surface area contributed by atoms with Crippen LogP contribution in [0.1, 0.15) is 40.0 Å². The van der Waals surface area contributed by atoms with E-state index in [9.17, 15) is 0 Å². The number of nitrogens with one attached hydrogen (secondary N) is 1. The molecule has 0 fully saturated rings. The molecule has 3 heteroatoms. The number of alkyl halides is 1. The Hall–Kier alpha value is 0.210. The minimum atomic E-state index is 0.288. The fourth-order valence-corrected chi connectivity index (χ4v) is 1.82. The van der Waals surface area contributed by atoms with Crippen LogP contribution in [0.4, 0.5) is 0 Å². The lowest BCUT2D eigenvalue weighted by atomic mass is 9.85. The van der Waals surface area contributed by atoms with Crippen LogP contribution in [0.25, 0.3) is 0 Å².